The molecule has 1 heterocycles. The molecule has 2 heteroatoms. The van der Waals surface area contributed by atoms with Crippen molar-refractivity contribution < 1.29 is 5.11 Å². The molecule has 0 amide bonds. The van der Waals surface area contributed by atoms with E-state index in [0.717, 1.165) is 25.8 Å². The minimum Gasteiger partial charge on any atom is -0.393 e. The van der Waals surface area contributed by atoms with E-state index in [1.165, 1.54) is 0 Å². The van der Waals surface area contributed by atoms with Crippen molar-refractivity contribution in [3.8, 4) is 0 Å². The molecule has 0 bridgehead atoms. The number of aliphatic hydroxyl groups excluding tert-OH is 1. The molecule has 1 saturated heterocycles. The molecule has 1 rings (SSSR count). The fraction of sp³-hybridized carbons (Fsp3) is 1.00. The zero-order valence-electron chi connectivity index (χ0n) is 8.43. The van der Waals surface area contributed by atoms with Crippen LogP contribution in [0.25, 0.3) is 0 Å². The van der Waals surface area contributed by atoms with Gasteiger partial charge in [-0.25, -0.2) is 0 Å². The lowest BCUT2D eigenvalue weighted by Crippen LogP contribution is -2.39. The lowest BCUT2D eigenvalue weighted by molar-refractivity contribution is 0.0954. The van der Waals surface area contributed by atoms with E-state index in [1.54, 1.807) is 0 Å². The topological polar surface area (TPSA) is 32.3 Å². The van der Waals surface area contributed by atoms with E-state index in [2.05, 4.69) is 26.1 Å². The highest BCUT2D eigenvalue weighted by Gasteiger charge is 2.29. The maximum Gasteiger partial charge on any atom is 0.0581 e. The van der Waals surface area contributed by atoms with E-state index in [-0.39, 0.29) is 11.6 Å². The smallest absolute Gasteiger partial charge is 0.0581 e. The summed E-state index contributed by atoms with van der Waals surface area (Å²) >= 11 is 0. The molecule has 0 aromatic carbocycles. The summed E-state index contributed by atoms with van der Waals surface area (Å²) in [5, 5.41) is 13.2. The van der Waals surface area contributed by atoms with Crippen LogP contribution in [0, 0.1) is 5.92 Å². The van der Waals surface area contributed by atoms with Gasteiger partial charge >= 0.3 is 0 Å². The molecule has 2 nitrogen and oxygen atoms in total. The molecule has 1 fully saturated rings. The highest BCUT2D eigenvalue weighted by Crippen LogP contribution is 2.26. The Morgan fingerprint density at radius 2 is 2.17 bits per heavy atom. The highest BCUT2D eigenvalue weighted by molar-refractivity contribution is 4.87. The number of aliphatic hydroxyl groups is 1. The lowest BCUT2D eigenvalue weighted by atomic mass is 9.86. The van der Waals surface area contributed by atoms with Crippen LogP contribution in [0.5, 0.6) is 0 Å². The van der Waals surface area contributed by atoms with E-state index in [0.29, 0.717) is 5.92 Å². The first-order chi connectivity index (χ1) is 5.55. The summed E-state index contributed by atoms with van der Waals surface area (Å²) in [6.45, 7) is 7.54. The lowest BCUT2D eigenvalue weighted by Gasteiger charge is -2.27. The third kappa shape index (κ3) is 2.46. The summed E-state index contributed by atoms with van der Waals surface area (Å²) in [4.78, 5) is 0. The van der Waals surface area contributed by atoms with Crippen molar-refractivity contribution in [2.75, 3.05) is 6.54 Å². The summed E-state index contributed by atoms with van der Waals surface area (Å²) in [6.07, 6.45) is 2.99. The van der Waals surface area contributed by atoms with Crippen LogP contribution in [-0.4, -0.2) is 23.3 Å². The minimum atomic E-state index is -0.0933. The molecule has 12 heavy (non-hydrogen) atoms. The van der Waals surface area contributed by atoms with Gasteiger partial charge in [0.1, 0.15) is 0 Å². The fourth-order valence-electron chi connectivity index (χ4n) is 2.07. The Kier molecular flexibility index (Phi) is 3.13. The Labute approximate surface area is 75.4 Å². The average molecular weight is 171 g/mol. The van der Waals surface area contributed by atoms with E-state index < -0.39 is 0 Å². The summed E-state index contributed by atoms with van der Waals surface area (Å²) in [7, 11) is 0. The highest BCUT2D eigenvalue weighted by atomic mass is 16.3. The Balaban J connectivity index is 2.59. The third-order valence-corrected chi connectivity index (χ3v) is 2.88. The number of nitrogens with one attached hydrogen (secondary N) is 1. The summed E-state index contributed by atoms with van der Waals surface area (Å²) in [5.41, 5.74) is 0.207. The zero-order chi connectivity index (χ0) is 9.19. The molecule has 72 valence electrons. The first kappa shape index (κ1) is 10.0. The van der Waals surface area contributed by atoms with Crippen LogP contribution in [0.15, 0.2) is 0 Å². The monoisotopic (exact) mass is 171 g/mol. The molecule has 0 aromatic heterocycles. The van der Waals surface area contributed by atoms with Gasteiger partial charge < -0.3 is 10.4 Å². The first-order valence-corrected chi connectivity index (χ1v) is 4.98. The molecular weight excluding hydrogens is 150 g/mol. The molecule has 0 radical (unpaired) electrons. The predicted octanol–water partition coefficient (Wildman–Crippen LogP) is 1.54. The standard InChI is InChI=1S/C10H21NO/c1-4-8-7-10(2,3)11-6-5-9(8)12/h8-9,11-12H,4-7H2,1-3H3. The number of hydrogen-bond acceptors (Lipinski definition) is 2. The maximum atomic E-state index is 9.74. The second-order valence-corrected chi connectivity index (χ2v) is 4.54. The van der Waals surface area contributed by atoms with Gasteiger partial charge in [-0.3, -0.25) is 0 Å². The summed E-state index contributed by atoms with van der Waals surface area (Å²) in [5.74, 6) is 0.481. The van der Waals surface area contributed by atoms with Crippen molar-refractivity contribution in [2.45, 2.75) is 51.7 Å². The number of hydrogen-bond donors (Lipinski definition) is 2. The maximum absolute atomic E-state index is 9.74. The molecule has 2 unspecified atom stereocenters. The Morgan fingerprint density at radius 3 is 2.75 bits per heavy atom. The fourth-order valence-corrected chi connectivity index (χ4v) is 2.07. The van der Waals surface area contributed by atoms with E-state index in [4.69, 9.17) is 0 Å². The molecule has 1 aliphatic rings. The van der Waals surface area contributed by atoms with Gasteiger partial charge in [0.05, 0.1) is 6.10 Å². The largest absolute Gasteiger partial charge is 0.393 e. The Bertz CT molecular complexity index is 145. The SMILES string of the molecule is CCC1CC(C)(C)NCCC1O. The average Bonchev–Trinajstić information content (AvgIpc) is 2.10. The Morgan fingerprint density at radius 1 is 1.50 bits per heavy atom. The van der Waals surface area contributed by atoms with Crippen LogP contribution in [0.3, 0.4) is 0 Å². The normalized spacial score (nSPS) is 36.0. The van der Waals surface area contributed by atoms with Crippen LogP contribution in [0.1, 0.15) is 40.0 Å². The van der Waals surface area contributed by atoms with Crippen molar-refractivity contribution in [1.82, 2.24) is 5.32 Å². The summed E-state index contributed by atoms with van der Waals surface area (Å²) < 4.78 is 0. The quantitative estimate of drug-likeness (QED) is 0.627. The molecule has 0 saturated carbocycles. The van der Waals surface area contributed by atoms with Gasteiger partial charge in [-0.2, -0.15) is 0 Å². The predicted molar refractivity (Wildman–Crippen MR) is 51.1 cm³/mol. The first-order valence-electron chi connectivity index (χ1n) is 4.98. The molecule has 2 atom stereocenters. The van der Waals surface area contributed by atoms with Crippen molar-refractivity contribution >= 4 is 0 Å². The van der Waals surface area contributed by atoms with E-state index in [1.807, 2.05) is 0 Å². The summed E-state index contributed by atoms with van der Waals surface area (Å²) in [6, 6.07) is 0. The van der Waals surface area contributed by atoms with Crippen molar-refractivity contribution in [2.24, 2.45) is 5.92 Å². The van der Waals surface area contributed by atoms with Gasteiger partial charge in [0.25, 0.3) is 0 Å². The minimum absolute atomic E-state index is 0.0933. The van der Waals surface area contributed by atoms with E-state index >= 15 is 0 Å². The van der Waals surface area contributed by atoms with Crippen molar-refractivity contribution in [3.63, 3.8) is 0 Å². The zero-order valence-corrected chi connectivity index (χ0v) is 8.43. The molecule has 0 aliphatic carbocycles. The number of rotatable bonds is 1. The van der Waals surface area contributed by atoms with Crippen LogP contribution in [0.2, 0.25) is 0 Å². The second kappa shape index (κ2) is 3.75. The van der Waals surface area contributed by atoms with Gasteiger partial charge in [0, 0.05) is 5.54 Å². The molecule has 0 spiro atoms. The van der Waals surface area contributed by atoms with Gasteiger partial charge in [-0.15, -0.1) is 0 Å². The Hall–Kier alpha value is -0.0800. The van der Waals surface area contributed by atoms with Crippen molar-refractivity contribution in [1.29, 1.82) is 0 Å². The van der Waals surface area contributed by atoms with Crippen molar-refractivity contribution in [3.05, 3.63) is 0 Å². The molecule has 2 N–H and O–H groups in total. The van der Waals surface area contributed by atoms with Gasteiger partial charge in [-0.05, 0) is 39.2 Å². The third-order valence-electron chi connectivity index (χ3n) is 2.88. The molecular formula is C10H21NO. The van der Waals surface area contributed by atoms with E-state index in [9.17, 15) is 5.11 Å². The van der Waals surface area contributed by atoms with Gasteiger partial charge in [0.15, 0.2) is 0 Å². The van der Waals surface area contributed by atoms with Gasteiger partial charge in [0.2, 0.25) is 0 Å². The van der Waals surface area contributed by atoms with Crippen LogP contribution in [0.4, 0.5) is 0 Å². The second-order valence-electron chi connectivity index (χ2n) is 4.54. The molecule has 1 aliphatic heterocycles. The van der Waals surface area contributed by atoms with Crippen LogP contribution >= 0.6 is 0 Å². The van der Waals surface area contributed by atoms with Gasteiger partial charge in [-0.1, -0.05) is 13.3 Å². The van der Waals surface area contributed by atoms with Crippen LogP contribution in [-0.2, 0) is 0 Å². The van der Waals surface area contributed by atoms with Crippen LogP contribution < -0.4 is 5.32 Å². The molecule has 0 aromatic rings.